The Morgan fingerprint density at radius 1 is 1.13 bits per heavy atom. The number of nitrogens with zero attached hydrogens (tertiary/aromatic N) is 1. The highest BCUT2D eigenvalue weighted by Crippen LogP contribution is 2.21. The maximum atomic E-state index is 13.6. The minimum Gasteiger partial charge on any atom is -0.372 e. The van der Waals surface area contributed by atoms with Gasteiger partial charge in [-0.1, -0.05) is 12.1 Å². The lowest BCUT2D eigenvalue weighted by molar-refractivity contribution is -0.0586. The Balaban J connectivity index is 1.38. The molecule has 2 aromatic carbocycles. The van der Waals surface area contributed by atoms with Crippen molar-refractivity contribution < 1.29 is 18.7 Å². The molecule has 6 nitrogen and oxygen atoms in total. The number of halogens is 1. The second kappa shape index (κ2) is 8.51. The van der Waals surface area contributed by atoms with Crippen molar-refractivity contribution in [2.45, 2.75) is 39.5 Å². The van der Waals surface area contributed by atoms with Crippen LogP contribution in [0.4, 0.5) is 4.39 Å². The van der Waals surface area contributed by atoms with Crippen LogP contribution in [0.15, 0.2) is 42.5 Å². The standard InChI is InChI=1S/C24H26FN3O3/c1-14-8-19(25)9-21-20(14)10-22(27-21)23(29)26-11-17-4-6-18(7-5-17)24(30)28-12-15(2)31-16(3)13-28/h4-10,15-16,27H,11-13H2,1-3H3,(H,26,29)/t15-,16-/m1/s1. The number of hydrogen-bond acceptors (Lipinski definition) is 3. The maximum Gasteiger partial charge on any atom is 0.267 e. The molecule has 0 saturated carbocycles. The first kappa shape index (κ1) is 21.1. The molecule has 1 aromatic heterocycles. The van der Waals surface area contributed by atoms with Gasteiger partial charge < -0.3 is 19.9 Å². The van der Waals surface area contributed by atoms with E-state index in [1.54, 1.807) is 18.2 Å². The number of morpholine rings is 1. The number of aryl methyl sites for hydroxylation is 1. The number of carbonyl (C=O) groups is 2. The lowest BCUT2D eigenvalue weighted by Gasteiger charge is -2.35. The van der Waals surface area contributed by atoms with E-state index < -0.39 is 0 Å². The number of hydrogen-bond donors (Lipinski definition) is 2. The van der Waals surface area contributed by atoms with Gasteiger partial charge in [-0.05, 0) is 62.2 Å². The van der Waals surface area contributed by atoms with Gasteiger partial charge in [0.1, 0.15) is 11.5 Å². The summed E-state index contributed by atoms with van der Waals surface area (Å²) in [5.41, 5.74) is 3.24. The van der Waals surface area contributed by atoms with Gasteiger partial charge in [0.15, 0.2) is 0 Å². The minimum absolute atomic E-state index is 0.0155. The Morgan fingerprint density at radius 3 is 2.48 bits per heavy atom. The minimum atomic E-state index is -0.338. The van der Waals surface area contributed by atoms with E-state index in [1.807, 2.05) is 37.8 Å². The van der Waals surface area contributed by atoms with Crippen molar-refractivity contribution in [2.24, 2.45) is 0 Å². The predicted molar refractivity (Wildman–Crippen MR) is 117 cm³/mol. The molecule has 7 heteroatoms. The third-order valence-electron chi connectivity index (χ3n) is 5.52. The van der Waals surface area contributed by atoms with Crippen molar-refractivity contribution in [2.75, 3.05) is 13.1 Å². The molecule has 0 radical (unpaired) electrons. The molecule has 3 aromatic rings. The highest BCUT2D eigenvalue weighted by atomic mass is 19.1. The molecule has 4 rings (SSSR count). The van der Waals surface area contributed by atoms with Crippen LogP contribution in [0, 0.1) is 12.7 Å². The van der Waals surface area contributed by atoms with Crippen molar-refractivity contribution in [1.29, 1.82) is 0 Å². The van der Waals surface area contributed by atoms with E-state index in [-0.39, 0.29) is 29.8 Å². The lowest BCUT2D eigenvalue weighted by atomic mass is 10.1. The van der Waals surface area contributed by atoms with E-state index in [2.05, 4.69) is 10.3 Å². The number of carbonyl (C=O) groups excluding carboxylic acids is 2. The fraction of sp³-hybridized carbons (Fsp3) is 0.333. The lowest BCUT2D eigenvalue weighted by Crippen LogP contribution is -2.48. The van der Waals surface area contributed by atoms with E-state index in [9.17, 15) is 14.0 Å². The zero-order valence-electron chi connectivity index (χ0n) is 17.9. The van der Waals surface area contributed by atoms with Crippen LogP contribution >= 0.6 is 0 Å². The fourth-order valence-corrected chi connectivity index (χ4v) is 4.07. The molecular weight excluding hydrogens is 397 g/mol. The Kier molecular flexibility index (Phi) is 5.78. The highest BCUT2D eigenvalue weighted by Gasteiger charge is 2.26. The number of H-pyrrole nitrogens is 1. The van der Waals surface area contributed by atoms with Gasteiger partial charge in [-0.2, -0.15) is 0 Å². The van der Waals surface area contributed by atoms with Gasteiger partial charge in [-0.15, -0.1) is 0 Å². The van der Waals surface area contributed by atoms with Crippen LogP contribution in [0.1, 0.15) is 45.8 Å². The molecule has 1 saturated heterocycles. The number of amides is 2. The number of fused-ring (bicyclic) bond motifs is 1. The van der Waals surface area contributed by atoms with Crippen LogP contribution in [-0.4, -0.2) is 47.0 Å². The van der Waals surface area contributed by atoms with E-state index in [1.165, 1.54) is 12.1 Å². The Morgan fingerprint density at radius 2 is 1.81 bits per heavy atom. The molecule has 0 spiro atoms. The summed E-state index contributed by atoms with van der Waals surface area (Å²) in [6.45, 7) is 7.21. The zero-order chi connectivity index (χ0) is 22.1. The molecular formula is C24H26FN3O3. The summed E-state index contributed by atoms with van der Waals surface area (Å²) in [7, 11) is 0. The summed E-state index contributed by atoms with van der Waals surface area (Å²) in [5.74, 6) is -0.625. The number of benzene rings is 2. The summed E-state index contributed by atoms with van der Waals surface area (Å²) in [6, 6.07) is 11.8. The molecule has 2 heterocycles. The number of aromatic nitrogens is 1. The molecule has 2 amide bonds. The zero-order valence-corrected chi connectivity index (χ0v) is 17.9. The summed E-state index contributed by atoms with van der Waals surface area (Å²) >= 11 is 0. The molecule has 162 valence electrons. The van der Waals surface area contributed by atoms with Gasteiger partial charge in [0.2, 0.25) is 0 Å². The maximum absolute atomic E-state index is 13.6. The molecule has 31 heavy (non-hydrogen) atoms. The Bertz CT molecular complexity index is 1110. The summed E-state index contributed by atoms with van der Waals surface area (Å²) in [4.78, 5) is 30.1. The van der Waals surface area contributed by atoms with Crippen LogP contribution in [0.3, 0.4) is 0 Å². The van der Waals surface area contributed by atoms with Gasteiger partial charge in [-0.3, -0.25) is 9.59 Å². The summed E-state index contributed by atoms with van der Waals surface area (Å²) in [5, 5.41) is 3.68. The van der Waals surface area contributed by atoms with E-state index in [0.29, 0.717) is 36.4 Å². The quantitative estimate of drug-likeness (QED) is 0.670. The van der Waals surface area contributed by atoms with Crippen molar-refractivity contribution in [3.8, 4) is 0 Å². The molecule has 0 bridgehead atoms. The molecule has 0 unspecified atom stereocenters. The molecule has 1 aliphatic heterocycles. The van der Waals surface area contributed by atoms with Crippen LogP contribution in [0.5, 0.6) is 0 Å². The van der Waals surface area contributed by atoms with Gasteiger partial charge >= 0.3 is 0 Å². The molecule has 1 aliphatic rings. The average Bonchev–Trinajstić information content (AvgIpc) is 3.16. The highest BCUT2D eigenvalue weighted by molar-refractivity contribution is 5.99. The fourth-order valence-electron chi connectivity index (χ4n) is 4.07. The van der Waals surface area contributed by atoms with Gasteiger partial charge in [0, 0.05) is 36.1 Å². The van der Waals surface area contributed by atoms with Crippen LogP contribution < -0.4 is 5.32 Å². The third kappa shape index (κ3) is 4.61. The van der Waals surface area contributed by atoms with Gasteiger partial charge in [-0.25, -0.2) is 4.39 Å². The topological polar surface area (TPSA) is 74.4 Å². The normalized spacial score (nSPS) is 18.9. The van der Waals surface area contributed by atoms with Gasteiger partial charge in [0.05, 0.1) is 12.2 Å². The molecule has 1 fully saturated rings. The van der Waals surface area contributed by atoms with Crippen LogP contribution in [-0.2, 0) is 11.3 Å². The first-order valence-corrected chi connectivity index (χ1v) is 10.4. The van der Waals surface area contributed by atoms with Crippen molar-refractivity contribution in [3.05, 3.63) is 70.7 Å². The van der Waals surface area contributed by atoms with Crippen LogP contribution in [0.2, 0.25) is 0 Å². The first-order chi connectivity index (χ1) is 14.8. The SMILES string of the molecule is Cc1cc(F)cc2[nH]c(C(=O)NCc3ccc(C(=O)N4C[C@@H](C)O[C@H](C)C4)cc3)cc12. The number of rotatable bonds is 4. The smallest absolute Gasteiger partial charge is 0.267 e. The van der Waals surface area contributed by atoms with E-state index in [0.717, 1.165) is 16.5 Å². The van der Waals surface area contributed by atoms with Gasteiger partial charge in [0.25, 0.3) is 11.8 Å². The molecule has 2 atom stereocenters. The second-order valence-corrected chi connectivity index (χ2v) is 8.21. The van der Waals surface area contributed by atoms with Crippen molar-refractivity contribution in [3.63, 3.8) is 0 Å². The van der Waals surface area contributed by atoms with Crippen molar-refractivity contribution in [1.82, 2.24) is 15.2 Å². The Labute approximate surface area is 180 Å². The Hall–Kier alpha value is -3.19. The first-order valence-electron chi connectivity index (χ1n) is 10.4. The monoisotopic (exact) mass is 423 g/mol. The second-order valence-electron chi connectivity index (χ2n) is 8.21. The average molecular weight is 423 g/mol. The molecule has 0 aliphatic carbocycles. The number of aromatic amines is 1. The number of ether oxygens (including phenoxy) is 1. The van der Waals surface area contributed by atoms with E-state index >= 15 is 0 Å². The predicted octanol–water partition coefficient (Wildman–Crippen LogP) is 3.79. The van der Waals surface area contributed by atoms with E-state index in [4.69, 9.17) is 4.74 Å². The summed E-state index contributed by atoms with van der Waals surface area (Å²) < 4.78 is 19.3. The molecule has 2 N–H and O–H groups in total. The largest absolute Gasteiger partial charge is 0.372 e. The third-order valence-corrected chi connectivity index (χ3v) is 5.52. The van der Waals surface area contributed by atoms with Crippen molar-refractivity contribution >= 4 is 22.7 Å². The number of nitrogens with one attached hydrogen (secondary N) is 2. The van der Waals surface area contributed by atoms with Crippen LogP contribution in [0.25, 0.3) is 10.9 Å². The summed E-state index contributed by atoms with van der Waals surface area (Å²) in [6.07, 6.45) is 0.0409.